The number of aromatic nitrogens is 3. The maximum absolute atomic E-state index is 12.2. The molecule has 106 valence electrons. The highest BCUT2D eigenvalue weighted by molar-refractivity contribution is 6.31. The summed E-state index contributed by atoms with van der Waals surface area (Å²) in [6.07, 6.45) is 5.18. The Kier molecular flexibility index (Phi) is 4.70. The molecule has 0 aliphatic heterocycles. The first-order valence-electron chi connectivity index (χ1n) is 6.22. The van der Waals surface area contributed by atoms with Gasteiger partial charge in [-0.3, -0.25) is 18.9 Å². The van der Waals surface area contributed by atoms with Crippen molar-refractivity contribution in [2.45, 2.75) is 19.5 Å². The third-order valence-corrected chi connectivity index (χ3v) is 3.26. The predicted octanol–water partition coefficient (Wildman–Crippen LogP) is 0.455. The molecule has 0 fully saturated rings. The summed E-state index contributed by atoms with van der Waals surface area (Å²) in [5.41, 5.74) is 5.50. The number of pyridine rings is 1. The van der Waals surface area contributed by atoms with E-state index < -0.39 is 0 Å². The van der Waals surface area contributed by atoms with Gasteiger partial charge in [-0.1, -0.05) is 11.6 Å². The van der Waals surface area contributed by atoms with Gasteiger partial charge in [-0.05, 0) is 24.6 Å². The highest BCUT2D eigenvalue weighted by atomic mass is 35.5. The third-order valence-electron chi connectivity index (χ3n) is 2.92. The zero-order valence-electron chi connectivity index (χ0n) is 10.8. The molecule has 20 heavy (non-hydrogen) atoms. The molecule has 0 aliphatic carbocycles. The smallest absolute Gasteiger partial charge is 0.330 e. The average molecular weight is 295 g/mol. The molecule has 6 nitrogen and oxygen atoms in total. The van der Waals surface area contributed by atoms with E-state index in [0.29, 0.717) is 31.1 Å². The fourth-order valence-electron chi connectivity index (χ4n) is 1.85. The van der Waals surface area contributed by atoms with Gasteiger partial charge in [-0.15, -0.1) is 0 Å². The van der Waals surface area contributed by atoms with Crippen LogP contribution in [0.1, 0.15) is 12.0 Å². The van der Waals surface area contributed by atoms with Crippen molar-refractivity contribution in [2.75, 3.05) is 6.54 Å². The summed E-state index contributed by atoms with van der Waals surface area (Å²) >= 11 is 6.02. The Morgan fingerprint density at radius 1 is 1.30 bits per heavy atom. The number of rotatable bonds is 5. The molecule has 2 N–H and O–H groups in total. The van der Waals surface area contributed by atoms with Crippen LogP contribution in [0.2, 0.25) is 5.02 Å². The van der Waals surface area contributed by atoms with Gasteiger partial charge in [0.1, 0.15) is 0 Å². The first kappa shape index (κ1) is 14.5. The fraction of sp³-hybridized carbons (Fsp3) is 0.308. The zero-order valence-corrected chi connectivity index (χ0v) is 11.6. The number of nitrogens with zero attached hydrogens (tertiary/aromatic N) is 3. The van der Waals surface area contributed by atoms with Gasteiger partial charge in [-0.2, -0.15) is 0 Å². The Balaban J connectivity index is 2.36. The van der Waals surface area contributed by atoms with Crippen LogP contribution < -0.4 is 17.0 Å². The van der Waals surface area contributed by atoms with Crippen LogP contribution in [-0.4, -0.2) is 20.7 Å². The van der Waals surface area contributed by atoms with Gasteiger partial charge in [0.2, 0.25) is 0 Å². The Bertz CT molecular complexity index is 708. The summed E-state index contributed by atoms with van der Waals surface area (Å²) in [6.45, 7) is 1.04. The van der Waals surface area contributed by atoms with Gasteiger partial charge < -0.3 is 5.73 Å². The van der Waals surface area contributed by atoms with Crippen molar-refractivity contribution in [3.63, 3.8) is 0 Å². The molecule has 0 saturated carbocycles. The van der Waals surface area contributed by atoms with Gasteiger partial charge >= 0.3 is 5.69 Å². The zero-order chi connectivity index (χ0) is 14.5. The van der Waals surface area contributed by atoms with Crippen molar-refractivity contribution in [3.05, 3.63) is 62.1 Å². The molecular formula is C13H15ClN4O2. The number of halogens is 1. The highest BCUT2D eigenvalue weighted by Crippen LogP contribution is 2.13. The van der Waals surface area contributed by atoms with E-state index >= 15 is 0 Å². The quantitative estimate of drug-likeness (QED) is 0.868. The van der Waals surface area contributed by atoms with Crippen LogP contribution in [0.3, 0.4) is 0 Å². The van der Waals surface area contributed by atoms with E-state index in [1.165, 1.54) is 27.6 Å². The summed E-state index contributed by atoms with van der Waals surface area (Å²) in [6, 6.07) is 3.11. The summed E-state index contributed by atoms with van der Waals surface area (Å²) in [5.74, 6) is 0. The van der Waals surface area contributed by atoms with E-state index in [4.69, 9.17) is 17.3 Å². The minimum absolute atomic E-state index is 0.295. The first-order chi connectivity index (χ1) is 9.63. The van der Waals surface area contributed by atoms with Crippen LogP contribution >= 0.6 is 11.6 Å². The Morgan fingerprint density at radius 3 is 2.80 bits per heavy atom. The second-order valence-corrected chi connectivity index (χ2v) is 4.73. The van der Waals surface area contributed by atoms with E-state index in [0.717, 1.165) is 5.56 Å². The second kappa shape index (κ2) is 6.49. The lowest BCUT2D eigenvalue weighted by Crippen LogP contribution is -2.39. The van der Waals surface area contributed by atoms with Crippen LogP contribution in [0.5, 0.6) is 0 Å². The molecule has 0 unspecified atom stereocenters. The SMILES string of the molecule is NCCCn1c(=O)ccn(Cc2ccncc2Cl)c1=O. The molecule has 0 amide bonds. The molecule has 2 heterocycles. The number of hydrogen-bond acceptors (Lipinski definition) is 4. The standard InChI is InChI=1S/C13H15ClN4O2/c14-11-8-16-5-2-10(11)9-17-7-3-12(19)18(13(17)20)6-1-4-15/h2-3,5,7-8H,1,4,6,9,15H2. The van der Waals surface area contributed by atoms with Crippen LogP contribution in [0.4, 0.5) is 0 Å². The molecular weight excluding hydrogens is 280 g/mol. The Morgan fingerprint density at radius 2 is 2.10 bits per heavy atom. The van der Waals surface area contributed by atoms with Crippen molar-refractivity contribution in [1.29, 1.82) is 0 Å². The molecule has 0 atom stereocenters. The van der Waals surface area contributed by atoms with Crippen molar-refractivity contribution in [3.8, 4) is 0 Å². The minimum Gasteiger partial charge on any atom is -0.330 e. The predicted molar refractivity (Wildman–Crippen MR) is 77.0 cm³/mol. The van der Waals surface area contributed by atoms with Crippen LogP contribution in [0.15, 0.2) is 40.3 Å². The van der Waals surface area contributed by atoms with Gasteiger partial charge in [0.15, 0.2) is 0 Å². The molecule has 2 rings (SSSR count). The lowest BCUT2D eigenvalue weighted by molar-refractivity contribution is 0.554. The average Bonchev–Trinajstić information content (AvgIpc) is 2.44. The first-order valence-corrected chi connectivity index (χ1v) is 6.60. The van der Waals surface area contributed by atoms with E-state index in [1.54, 1.807) is 12.3 Å². The maximum Gasteiger partial charge on any atom is 0.331 e. The molecule has 0 aliphatic rings. The van der Waals surface area contributed by atoms with Crippen molar-refractivity contribution in [1.82, 2.24) is 14.1 Å². The summed E-state index contributed by atoms with van der Waals surface area (Å²) < 4.78 is 2.63. The maximum atomic E-state index is 12.2. The van der Waals surface area contributed by atoms with Crippen LogP contribution in [-0.2, 0) is 13.1 Å². The van der Waals surface area contributed by atoms with Crippen molar-refractivity contribution < 1.29 is 0 Å². The van der Waals surface area contributed by atoms with E-state index in [2.05, 4.69) is 4.98 Å². The lowest BCUT2D eigenvalue weighted by Gasteiger charge is -2.10. The van der Waals surface area contributed by atoms with Crippen molar-refractivity contribution in [2.24, 2.45) is 5.73 Å². The summed E-state index contributed by atoms with van der Waals surface area (Å²) in [7, 11) is 0. The number of nitrogens with two attached hydrogens (primary N) is 1. The summed E-state index contributed by atoms with van der Waals surface area (Å²) in [4.78, 5) is 27.8. The fourth-order valence-corrected chi connectivity index (χ4v) is 2.03. The van der Waals surface area contributed by atoms with Crippen molar-refractivity contribution >= 4 is 11.6 Å². The van der Waals surface area contributed by atoms with Gasteiger partial charge in [0.05, 0.1) is 11.6 Å². The largest absolute Gasteiger partial charge is 0.331 e. The van der Waals surface area contributed by atoms with Gasteiger partial charge in [0.25, 0.3) is 5.56 Å². The van der Waals surface area contributed by atoms with E-state index in [9.17, 15) is 9.59 Å². The summed E-state index contributed by atoms with van der Waals surface area (Å²) in [5, 5.41) is 0.485. The van der Waals surface area contributed by atoms with E-state index in [1.807, 2.05) is 0 Å². The molecule has 0 radical (unpaired) electrons. The van der Waals surface area contributed by atoms with Gasteiger partial charge in [-0.25, -0.2) is 4.79 Å². The molecule has 2 aromatic heterocycles. The molecule has 2 aromatic rings. The molecule has 0 spiro atoms. The third kappa shape index (κ3) is 3.15. The molecule has 0 aromatic carbocycles. The lowest BCUT2D eigenvalue weighted by atomic mass is 10.2. The number of hydrogen-bond donors (Lipinski definition) is 1. The van der Waals surface area contributed by atoms with Crippen LogP contribution in [0.25, 0.3) is 0 Å². The monoisotopic (exact) mass is 294 g/mol. The van der Waals surface area contributed by atoms with Crippen LogP contribution in [0, 0.1) is 0 Å². The minimum atomic E-state index is -0.362. The second-order valence-electron chi connectivity index (χ2n) is 4.33. The highest BCUT2D eigenvalue weighted by Gasteiger charge is 2.07. The van der Waals surface area contributed by atoms with Gasteiger partial charge in [0, 0.05) is 31.2 Å². The normalized spacial score (nSPS) is 10.7. The molecule has 0 saturated heterocycles. The van der Waals surface area contributed by atoms with E-state index in [-0.39, 0.29) is 11.2 Å². The topological polar surface area (TPSA) is 82.9 Å². The Labute approximate surface area is 120 Å². The molecule has 0 bridgehead atoms. The molecule has 7 heteroatoms. The Hall–Kier alpha value is -1.92.